The molecule has 1 aliphatic heterocycles. The molecule has 1 fully saturated rings. The predicted molar refractivity (Wildman–Crippen MR) is 124 cm³/mol. The van der Waals surface area contributed by atoms with Crippen molar-refractivity contribution in [3.8, 4) is 0 Å². The van der Waals surface area contributed by atoms with E-state index < -0.39 is 40.0 Å². The van der Waals surface area contributed by atoms with Crippen LogP contribution in [0.5, 0.6) is 0 Å². The maximum Gasteiger partial charge on any atom is 0.325 e. The summed E-state index contributed by atoms with van der Waals surface area (Å²) in [5.74, 6) is -0.772. The summed E-state index contributed by atoms with van der Waals surface area (Å²) in [5, 5.41) is 5.27. The van der Waals surface area contributed by atoms with Gasteiger partial charge < -0.3 is 10.6 Å². The minimum atomic E-state index is -3.59. The van der Waals surface area contributed by atoms with Gasteiger partial charge in [0.15, 0.2) is 0 Å². The Morgan fingerprint density at radius 2 is 1.64 bits per heavy atom. The lowest BCUT2D eigenvalue weighted by Crippen LogP contribution is -2.42. The Balaban J connectivity index is 1.70. The van der Waals surface area contributed by atoms with Gasteiger partial charge >= 0.3 is 6.03 Å². The largest absolute Gasteiger partial charge is 0.325 e. The molecule has 1 atom stereocenters. The van der Waals surface area contributed by atoms with Crippen molar-refractivity contribution in [2.45, 2.75) is 37.1 Å². The number of rotatable bonds is 7. The molecule has 0 aromatic heterocycles. The standard InChI is InChI=1S/C23H28N4O5S/c1-15(2)16-6-8-17(9-7-16)23(3)21(29)27(22(30)25-23)14-20(28)24-18-10-12-19(13-11-18)33(31,32)26(4)5/h6-13,15H,14H2,1-5H3,(H,24,28)(H,25,30)/t23-/m0/s1. The summed E-state index contributed by atoms with van der Waals surface area (Å²) in [5.41, 5.74) is 0.817. The quantitative estimate of drug-likeness (QED) is 0.601. The number of nitrogens with zero attached hydrogens (tertiary/aromatic N) is 2. The zero-order chi connectivity index (χ0) is 24.6. The van der Waals surface area contributed by atoms with Crippen molar-refractivity contribution in [2.24, 2.45) is 0 Å². The van der Waals surface area contributed by atoms with Crippen LogP contribution in [0.3, 0.4) is 0 Å². The van der Waals surface area contributed by atoms with E-state index in [-0.39, 0.29) is 4.90 Å². The molecular weight excluding hydrogens is 444 g/mol. The Kier molecular flexibility index (Phi) is 6.62. The van der Waals surface area contributed by atoms with Crippen LogP contribution in [0, 0.1) is 0 Å². The Bertz CT molecular complexity index is 1170. The highest BCUT2D eigenvalue weighted by molar-refractivity contribution is 7.89. The maximum absolute atomic E-state index is 13.1. The number of anilines is 1. The third-order valence-electron chi connectivity index (χ3n) is 5.65. The first-order valence-corrected chi connectivity index (χ1v) is 11.9. The summed E-state index contributed by atoms with van der Waals surface area (Å²) in [6, 6.07) is 12.4. The first-order chi connectivity index (χ1) is 15.4. The molecule has 33 heavy (non-hydrogen) atoms. The number of imide groups is 1. The molecule has 4 amide bonds. The molecule has 3 rings (SSSR count). The van der Waals surface area contributed by atoms with Crippen molar-refractivity contribution < 1.29 is 22.8 Å². The predicted octanol–water partition coefficient (Wildman–Crippen LogP) is 2.47. The van der Waals surface area contributed by atoms with E-state index in [4.69, 9.17) is 0 Å². The van der Waals surface area contributed by atoms with Crippen molar-refractivity contribution in [3.05, 3.63) is 59.7 Å². The molecule has 0 aliphatic carbocycles. The van der Waals surface area contributed by atoms with Gasteiger partial charge in [-0.2, -0.15) is 0 Å². The second-order valence-electron chi connectivity index (χ2n) is 8.58. The highest BCUT2D eigenvalue weighted by Gasteiger charge is 2.49. The second kappa shape index (κ2) is 8.95. The Morgan fingerprint density at radius 3 is 2.15 bits per heavy atom. The number of sulfonamides is 1. The van der Waals surface area contributed by atoms with Crippen LogP contribution >= 0.6 is 0 Å². The minimum Gasteiger partial charge on any atom is -0.325 e. The lowest BCUT2D eigenvalue weighted by atomic mass is 9.90. The lowest BCUT2D eigenvalue weighted by Gasteiger charge is -2.22. The number of carbonyl (C=O) groups is 3. The van der Waals surface area contributed by atoms with E-state index in [0.29, 0.717) is 17.2 Å². The number of amides is 4. The second-order valence-corrected chi connectivity index (χ2v) is 10.7. The van der Waals surface area contributed by atoms with Crippen LogP contribution in [-0.2, 0) is 25.2 Å². The number of nitrogens with one attached hydrogen (secondary N) is 2. The molecule has 0 unspecified atom stereocenters. The van der Waals surface area contributed by atoms with Crippen LogP contribution in [0.15, 0.2) is 53.4 Å². The molecule has 0 radical (unpaired) electrons. The van der Waals surface area contributed by atoms with Crippen molar-refractivity contribution >= 4 is 33.6 Å². The van der Waals surface area contributed by atoms with Gasteiger partial charge in [0.2, 0.25) is 15.9 Å². The van der Waals surface area contributed by atoms with Crippen LogP contribution in [-0.4, -0.2) is 56.1 Å². The fourth-order valence-electron chi connectivity index (χ4n) is 3.50. The molecule has 0 spiro atoms. The number of hydrogen-bond acceptors (Lipinski definition) is 5. The molecule has 0 bridgehead atoms. The van der Waals surface area contributed by atoms with Gasteiger partial charge in [0.05, 0.1) is 4.90 Å². The van der Waals surface area contributed by atoms with Gasteiger partial charge in [-0.05, 0) is 48.2 Å². The fraction of sp³-hybridized carbons (Fsp3) is 0.348. The molecule has 1 heterocycles. The van der Waals surface area contributed by atoms with Gasteiger partial charge in [0.1, 0.15) is 12.1 Å². The van der Waals surface area contributed by atoms with Crippen LogP contribution < -0.4 is 10.6 Å². The molecule has 1 saturated heterocycles. The SMILES string of the molecule is CC(C)c1ccc([C@]2(C)NC(=O)N(CC(=O)Nc3ccc(S(=O)(=O)N(C)C)cc3)C2=O)cc1. The van der Waals surface area contributed by atoms with Crippen LogP contribution in [0.25, 0.3) is 0 Å². The number of benzene rings is 2. The van der Waals surface area contributed by atoms with Crippen molar-refractivity contribution in [2.75, 3.05) is 26.0 Å². The summed E-state index contributed by atoms with van der Waals surface area (Å²) in [7, 11) is -0.735. The number of hydrogen-bond donors (Lipinski definition) is 2. The first kappa shape index (κ1) is 24.4. The summed E-state index contributed by atoms with van der Waals surface area (Å²) < 4.78 is 25.4. The summed E-state index contributed by atoms with van der Waals surface area (Å²) in [6.45, 7) is 5.27. The third-order valence-corrected chi connectivity index (χ3v) is 7.48. The normalized spacial score (nSPS) is 18.7. The molecule has 1 aliphatic rings. The van der Waals surface area contributed by atoms with Gasteiger partial charge in [0, 0.05) is 19.8 Å². The average molecular weight is 473 g/mol. The Labute approximate surface area is 193 Å². The van der Waals surface area contributed by atoms with Crippen LogP contribution in [0.4, 0.5) is 10.5 Å². The van der Waals surface area contributed by atoms with Gasteiger partial charge in [-0.3, -0.25) is 14.5 Å². The molecule has 0 saturated carbocycles. The van der Waals surface area contributed by atoms with E-state index in [0.717, 1.165) is 14.8 Å². The van der Waals surface area contributed by atoms with Crippen LogP contribution in [0.1, 0.15) is 37.8 Å². The maximum atomic E-state index is 13.1. The summed E-state index contributed by atoms with van der Waals surface area (Å²) in [6.07, 6.45) is 0. The van der Waals surface area contributed by atoms with E-state index in [1.165, 1.54) is 38.4 Å². The van der Waals surface area contributed by atoms with E-state index in [2.05, 4.69) is 24.5 Å². The molecule has 2 aromatic rings. The first-order valence-electron chi connectivity index (χ1n) is 10.4. The molecule has 9 nitrogen and oxygen atoms in total. The zero-order valence-corrected chi connectivity index (χ0v) is 20.1. The van der Waals surface area contributed by atoms with Crippen molar-refractivity contribution in [3.63, 3.8) is 0 Å². The third kappa shape index (κ3) is 4.76. The highest BCUT2D eigenvalue weighted by Crippen LogP contribution is 2.30. The molecular formula is C23H28N4O5S. The number of urea groups is 1. The summed E-state index contributed by atoms with van der Waals surface area (Å²) >= 11 is 0. The molecule has 2 aromatic carbocycles. The fourth-order valence-corrected chi connectivity index (χ4v) is 4.40. The monoisotopic (exact) mass is 472 g/mol. The van der Waals surface area contributed by atoms with Crippen molar-refractivity contribution in [1.82, 2.24) is 14.5 Å². The van der Waals surface area contributed by atoms with Gasteiger partial charge in [-0.15, -0.1) is 0 Å². The topological polar surface area (TPSA) is 116 Å². The van der Waals surface area contributed by atoms with E-state index in [1.54, 1.807) is 19.1 Å². The lowest BCUT2D eigenvalue weighted by molar-refractivity contribution is -0.133. The molecule has 10 heteroatoms. The zero-order valence-electron chi connectivity index (χ0n) is 19.2. The van der Waals surface area contributed by atoms with Gasteiger partial charge in [-0.1, -0.05) is 38.1 Å². The highest BCUT2D eigenvalue weighted by atomic mass is 32.2. The van der Waals surface area contributed by atoms with Gasteiger partial charge in [-0.25, -0.2) is 17.5 Å². The van der Waals surface area contributed by atoms with E-state index in [9.17, 15) is 22.8 Å². The average Bonchev–Trinajstić information content (AvgIpc) is 2.98. The van der Waals surface area contributed by atoms with E-state index in [1.807, 2.05) is 12.1 Å². The van der Waals surface area contributed by atoms with Crippen molar-refractivity contribution in [1.29, 1.82) is 0 Å². The van der Waals surface area contributed by atoms with Gasteiger partial charge in [0.25, 0.3) is 5.91 Å². The molecule has 2 N–H and O–H groups in total. The van der Waals surface area contributed by atoms with Crippen LogP contribution in [0.2, 0.25) is 0 Å². The minimum absolute atomic E-state index is 0.0823. The smallest absolute Gasteiger partial charge is 0.325 e. The Morgan fingerprint density at radius 1 is 1.06 bits per heavy atom. The summed E-state index contributed by atoms with van der Waals surface area (Å²) in [4.78, 5) is 39.0. The van der Waals surface area contributed by atoms with E-state index >= 15 is 0 Å². The Hall–Kier alpha value is -3.24. The molecule has 176 valence electrons. The number of carbonyl (C=O) groups excluding carboxylic acids is 3.